The zero-order chi connectivity index (χ0) is 23.9. The highest BCUT2D eigenvalue weighted by Gasteiger charge is 2.33. The number of nitrogens with zero attached hydrogens (tertiary/aromatic N) is 3. The van der Waals surface area contributed by atoms with Crippen molar-refractivity contribution < 1.29 is 18.4 Å². The van der Waals surface area contributed by atoms with E-state index in [9.17, 15) is 14.0 Å². The summed E-state index contributed by atoms with van der Waals surface area (Å²) >= 11 is 0. The number of carbonyl (C=O) groups excluding carboxylic acids is 2. The van der Waals surface area contributed by atoms with Crippen LogP contribution in [-0.4, -0.2) is 26.7 Å². The van der Waals surface area contributed by atoms with Crippen LogP contribution in [0.5, 0.6) is 0 Å². The van der Waals surface area contributed by atoms with E-state index in [1.54, 1.807) is 12.1 Å². The van der Waals surface area contributed by atoms with Crippen LogP contribution in [-0.2, 0) is 17.8 Å². The van der Waals surface area contributed by atoms with Gasteiger partial charge >= 0.3 is 0 Å². The maximum absolute atomic E-state index is 13.6. The molecular weight excluding hydrogens is 435 g/mol. The molecule has 0 radical (unpaired) electrons. The van der Waals surface area contributed by atoms with Crippen molar-refractivity contribution >= 4 is 17.5 Å². The number of rotatable bonds is 8. The summed E-state index contributed by atoms with van der Waals surface area (Å²) in [5.74, 6) is -0.855. The number of anilines is 1. The van der Waals surface area contributed by atoms with E-state index >= 15 is 0 Å². The first-order chi connectivity index (χ1) is 16.5. The van der Waals surface area contributed by atoms with Gasteiger partial charge in [0.05, 0.1) is 19.0 Å². The van der Waals surface area contributed by atoms with Crippen LogP contribution in [0.4, 0.5) is 10.1 Å². The Morgan fingerprint density at radius 3 is 2.44 bits per heavy atom. The number of benzene rings is 2. The predicted molar refractivity (Wildman–Crippen MR) is 124 cm³/mol. The molecule has 1 atom stereocenters. The summed E-state index contributed by atoms with van der Waals surface area (Å²) in [5.41, 5.74) is 2.21. The van der Waals surface area contributed by atoms with Gasteiger partial charge in [0, 0.05) is 18.1 Å². The summed E-state index contributed by atoms with van der Waals surface area (Å²) in [7, 11) is 0. The lowest BCUT2D eigenvalue weighted by Crippen LogP contribution is -2.41. The van der Waals surface area contributed by atoms with Crippen molar-refractivity contribution in [3.63, 3.8) is 0 Å². The molecule has 2 aromatic carbocycles. The van der Waals surface area contributed by atoms with Gasteiger partial charge in [-0.25, -0.2) is 9.37 Å². The topological polar surface area (TPSA) is 88.3 Å². The van der Waals surface area contributed by atoms with Crippen molar-refractivity contribution in [3.05, 3.63) is 114 Å². The smallest absolute Gasteiger partial charge is 0.275 e. The van der Waals surface area contributed by atoms with Crippen molar-refractivity contribution in [2.75, 3.05) is 5.32 Å². The number of aryl methyl sites for hydroxylation is 1. The lowest BCUT2D eigenvalue weighted by atomic mass is 10.0. The van der Waals surface area contributed by atoms with Gasteiger partial charge in [-0.1, -0.05) is 31.2 Å². The number of hydrogen-bond donors (Lipinski definition) is 1. The van der Waals surface area contributed by atoms with Gasteiger partial charge in [0.1, 0.15) is 23.3 Å². The van der Waals surface area contributed by atoms with E-state index in [1.165, 1.54) is 54.0 Å². The quantitative estimate of drug-likeness (QED) is 0.410. The SMILES string of the molecule is CCc1ccc(C(C(=O)Nc2ccc(F)cc2)N(Cc2ccco2)C(=O)c2cnccn2)cc1. The molecule has 0 saturated heterocycles. The normalized spacial score (nSPS) is 11.6. The molecule has 7 nitrogen and oxygen atoms in total. The van der Waals surface area contributed by atoms with Crippen molar-refractivity contribution in [3.8, 4) is 0 Å². The van der Waals surface area contributed by atoms with Crippen LogP contribution >= 0.6 is 0 Å². The average Bonchev–Trinajstić information content (AvgIpc) is 3.39. The first-order valence-electron chi connectivity index (χ1n) is 10.8. The van der Waals surface area contributed by atoms with Gasteiger partial charge in [0.15, 0.2) is 0 Å². The van der Waals surface area contributed by atoms with Crippen LogP contribution in [0.2, 0.25) is 0 Å². The van der Waals surface area contributed by atoms with Crippen LogP contribution in [0.25, 0.3) is 0 Å². The monoisotopic (exact) mass is 458 g/mol. The molecule has 0 spiro atoms. The van der Waals surface area contributed by atoms with E-state index in [-0.39, 0.29) is 12.2 Å². The molecule has 1 unspecified atom stereocenters. The second-order valence-corrected chi connectivity index (χ2v) is 7.60. The van der Waals surface area contributed by atoms with E-state index in [4.69, 9.17) is 4.42 Å². The molecule has 2 aromatic heterocycles. The third-order valence-electron chi connectivity index (χ3n) is 5.32. The molecule has 34 heavy (non-hydrogen) atoms. The second kappa shape index (κ2) is 10.5. The summed E-state index contributed by atoms with van der Waals surface area (Å²) in [6.07, 6.45) is 6.58. The fourth-order valence-corrected chi connectivity index (χ4v) is 3.56. The van der Waals surface area contributed by atoms with E-state index in [0.29, 0.717) is 17.0 Å². The number of halogens is 1. The number of nitrogens with one attached hydrogen (secondary N) is 1. The standard InChI is InChI=1S/C26H23FN4O3/c1-2-18-5-7-19(8-6-18)24(25(32)30-21-11-9-20(27)10-12-21)31(17-22-4-3-15-34-22)26(33)23-16-28-13-14-29-23/h3-16,24H,2,17H2,1H3,(H,30,32). The highest BCUT2D eigenvalue weighted by Crippen LogP contribution is 2.27. The molecule has 4 aromatic rings. The van der Waals surface area contributed by atoms with Crippen molar-refractivity contribution in [2.45, 2.75) is 25.9 Å². The molecule has 0 aliphatic carbocycles. The van der Waals surface area contributed by atoms with E-state index in [1.807, 2.05) is 31.2 Å². The van der Waals surface area contributed by atoms with E-state index in [2.05, 4.69) is 15.3 Å². The van der Waals surface area contributed by atoms with Crippen LogP contribution in [0.15, 0.2) is 89.9 Å². The van der Waals surface area contributed by atoms with Crippen molar-refractivity contribution in [1.29, 1.82) is 0 Å². The Hall–Kier alpha value is -4.33. The molecule has 2 heterocycles. The Balaban J connectivity index is 1.76. The Labute approximate surface area is 196 Å². The largest absolute Gasteiger partial charge is 0.467 e. The van der Waals surface area contributed by atoms with Crippen molar-refractivity contribution in [2.24, 2.45) is 0 Å². The van der Waals surface area contributed by atoms with Gasteiger partial charge < -0.3 is 14.6 Å². The molecule has 0 bridgehead atoms. The molecule has 172 valence electrons. The summed E-state index contributed by atoms with van der Waals surface area (Å²) in [6, 6.07) is 15.4. The fraction of sp³-hybridized carbons (Fsp3) is 0.154. The Bertz CT molecular complexity index is 1230. The maximum Gasteiger partial charge on any atom is 0.275 e. The predicted octanol–water partition coefficient (Wildman–Crippen LogP) is 4.79. The van der Waals surface area contributed by atoms with Crippen LogP contribution < -0.4 is 5.32 Å². The van der Waals surface area contributed by atoms with Crippen molar-refractivity contribution in [1.82, 2.24) is 14.9 Å². The molecule has 1 N–H and O–H groups in total. The minimum absolute atomic E-state index is 0.0272. The van der Waals surface area contributed by atoms with E-state index < -0.39 is 23.7 Å². The minimum atomic E-state index is -1.02. The van der Waals surface area contributed by atoms with Gasteiger partial charge in [-0.2, -0.15) is 0 Å². The first kappa shape index (κ1) is 22.8. The van der Waals surface area contributed by atoms with Gasteiger partial charge in [-0.05, 0) is 53.9 Å². The van der Waals surface area contributed by atoms with E-state index in [0.717, 1.165) is 12.0 Å². The van der Waals surface area contributed by atoms with Crippen LogP contribution in [0.1, 0.15) is 40.3 Å². The number of amides is 2. The van der Waals surface area contributed by atoms with Crippen LogP contribution in [0.3, 0.4) is 0 Å². The molecule has 0 aliphatic heterocycles. The number of carbonyl (C=O) groups is 2. The number of hydrogen-bond acceptors (Lipinski definition) is 5. The van der Waals surface area contributed by atoms with Gasteiger partial charge in [0.25, 0.3) is 11.8 Å². The summed E-state index contributed by atoms with van der Waals surface area (Å²) in [5, 5.41) is 2.80. The molecular formula is C26H23FN4O3. The first-order valence-corrected chi connectivity index (χ1v) is 10.8. The Kier molecular flexibility index (Phi) is 7.07. The minimum Gasteiger partial charge on any atom is -0.467 e. The Morgan fingerprint density at radius 1 is 1.06 bits per heavy atom. The summed E-state index contributed by atoms with van der Waals surface area (Å²) in [6.45, 7) is 2.06. The summed E-state index contributed by atoms with van der Waals surface area (Å²) in [4.78, 5) is 36.7. The molecule has 4 rings (SSSR count). The lowest BCUT2D eigenvalue weighted by Gasteiger charge is -2.30. The third kappa shape index (κ3) is 5.35. The zero-order valence-corrected chi connectivity index (χ0v) is 18.5. The second-order valence-electron chi connectivity index (χ2n) is 7.60. The number of furan rings is 1. The summed E-state index contributed by atoms with van der Waals surface area (Å²) < 4.78 is 18.8. The van der Waals surface area contributed by atoms with Gasteiger partial charge in [-0.3, -0.25) is 14.6 Å². The highest BCUT2D eigenvalue weighted by atomic mass is 19.1. The highest BCUT2D eigenvalue weighted by molar-refractivity contribution is 6.00. The zero-order valence-electron chi connectivity index (χ0n) is 18.5. The van der Waals surface area contributed by atoms with Crippen LogP contribution in [0, 0.1) is 5.82 Å². The molecule has 0 saturated carbocycles. The lowest BCUT2D eigenvalue weighted by molar-refractivity contribution is -0.121. The van der Waals surface area contributed by atoms with Gasteiger partial charge in [-0.15, -0.1) is 0 Å². The maximum atomic E-state index is 13.6. The molecule has 2 amide bonds. The fourth-order valence-electron chi connectivity index (χ4n) is 3.56. The molecule has 8 heteroatoms. The molecule has 0 aliphatic rings. The number of aromatic nitrogens is 2. The Morgan fingerprint density at radius 2 is 1.82 bits per heavy atom. The third-order valence-corrected chi connectivity index (χ3v) is 5.32. The average molecular weight is 458 g/mol. The van der Waals surface area contributed by atoms with Gasteiger partial charge in [0.2, 0.25) is 0 Å². The molecule has 0 fully saturated rings.